The number of oxazole rings is 1. The molecule has 3 aromatic rings. The molecule has 0 saturated heterocycles. The number of amides is 1. The Hall–Kier alpha value is -2.89. The molecule has 1 amide bonds. The van der Waals surface area contributed by atoms with Gasteiger partial charge in [-0.1, -0.05) is 12.1 Å². The molecule has 2 aromatic heterocycles. The lowest BCUT2D eigenvalue weighted by atomic mass is 10.2. The van der Waals surface area contributed by atoms with Gasteiger partial charge in [0.15, 0.2) is 0 Å². The molecule has 0 unspecified atom stereocenters. The molecule has 0 fully saturated rings. The number of nitrogens with one attached hydrogen (secondary N) is 1. The van der Waals surface area contributed by atoms with Crippen LogP contribution in [0, 0.1) is 5.21 Å². The van der Waals surface area contributed by atoms with E-state index in [9.17, 15) is 10.0 Å². The summed E-state index contributed by atoms with van der Waals surface area (Å²) in [5.41, 5.74) is 1.57. The maximum Gasteiger partial charge on any atom is 0.361 e. The van der Waals surface area contributed by atoms with Crippen LogP contribution in [0.4, 0.5) is 0 Å². The number of para-hydroxylation sites is 2. The van der Waals surface area contributed by atoms with Crippen LogP contribution in [-0.2, 0) is 6.42 Å². The van der Waals surface area contributed by atoms with Crippen LogP contribution in [-0.4, -0.2) is 17.4 Å². The van der Waals surface area contributed by atoms with Gasteiger partial charge in [0.25, 0.3) is 11.4 Å². The number of pyridine rings is 1. The first-order valence-corrected chi connectivity index (χ1v) is 6.54. The molecular formula is C15H13N3O3. The second kappa shape index (κ2) is 5.62. The minimum absolute atomic E-state index is 0.203. The molecule has 0 bridgehead atoms. The van der Waals surface area contributed by atoms with Gasteiger partial charge in [0.1, 0.15) is 0 Å². The molecule has 0 aliphatic heterocycles. The SMILES string of the molecule is O=C(NCCc1oc2ccccc2[n+]1[O-])c1ccncc1. The lowest BCUT2D eigenvalue weighted by Crippen LogP contribution is -2.33. The first kappa shape index (κ1) is 13.1. The zero-order valence-electron chi connectivity index (χ0n) is 11.2. The molecule has 0 aliphatic rings. The van der Waals surface area contributed by atoms with Crippen LogP contribution in [0.15, 0.2) is 53.2 Å². The fraction of sp³-hybridized carbons (Fsp3) is 0.133. The van der Waals surface area contributed by atoms with Crippen molar-refractivity contribution in [1.29, 1.82) is 0 Å². The highest BCUT2D eigenvalue weighted by molar-refractivity contribution is 5.93. The Morgan fingerprint density at radius 3 is 2.76 bits per heavy atom. The number of nitrogens with zero attached hydrogens (tertiary/aromatic N) is 2. The third-order valence-electron chi connectivity index (χ3n) is 3.11. The van der Waals surface area contributed by atoms with Crippen LogP contribution in [0.25, 0.3) is 11.1 Å². The molecule has 0 aliphatic carbocycles. The summed E-state index contributed by atoms with van der Waals surface area (Å²) in [4.78, 5) is 15.7. The summed E-state index contributed by atoms with van der Waals surface area (Å²) in [6, 6.07) is 10.3. The summed E-state index contributed by atoms with van der Waals surface area (Å²) in [5.74, 6) is 0.0807. The Morgan fingerprint density at radius 2 is 2.00 bits per heavy atom. The molecule has 21 heavy (non-hydrogen) atoms. The third-order valence-corrected chi connectivity index (χ3v) is 3.11. The average Bonchev–Trinajstić information content (AvgIpc) is 2.85. The Balaban J connectivity index is 1.65. The van der Waals surface area contributed by atoms with Crippen molar-refractivity contribution in [2.45, 2.75) is 6.42 Å². The molecular weight excluding hydrogens is 270 g/mol. The fourth-order valence-electron chi connectivity index (χ4n) is 2.05. The second-order valence-electron chi connectivity index (χ2n) is 4.50. The van der Waals surface area contributed by atoms with Gasteiger partial charge in [-0.15, -0.1) is 4.73 Å². The third kappa shape index (κ3) is 2.69. The molecule has 3 rings (SSSR count). The summed E-state index contributed by atoms with van der Waals surface area (Å²) >= 11 is 0. The van der Waals surface area contributed by atoms with Crippen LogP contribution in [0.2, 0.25) is 0 Å². The quantitative estimate of drug-likeness (QED) is 0.580. The number of hydrogen-bond donors (Lipinski definition) is 1. The first-order valence-electron chi connectivity index (χ1n) is 6.54. The second-order valence-corrected chi connectivity index (χ2v) is 4.50. The van der Waals surface area contributed by atoms with E-state index in [1.165, 1.54) is 0 Å². The zero-order valence-corrected chi connectivity index (χ0v) is 11.2. The number of fused-ring (bicyclic) bond motifs is 1. The monoisotopic (exact) mass is 283 g/mol. The van der Waals surface area contributed by atoms with Gasteiger partial charge in [-0.05, 0) is 18.2 Å². The molecule has 0 radical (unpaired) electrons. The Bertz CT molecular complexity index is 768. The van der Waals surface area contributed by atoms with E-state index in [2.05, 4.69) is 10.3 Å². The van der Waals surface area contributed by atoms with Crippen molar-refractivity contribution >= 4 is 17.0 Å². The van der Waals surface area contributed by atoms with Crippen LogP contribution in [0.1, 0.15) is 16.2 Å². The van der Waals surface area contributed by atoms with Gasteiger partial charge in [-0.25, -0.2) is 0 Å². The molecule has 0 saturated carbocycles. The van der Waals surface area contributed by atoms with Crippen molar-refractivity contribution < 1.29 is 13.9 Å². The van der Waals surface area contributed by atoms with E-state index < -0.39 is 0 Å². The minimum Gasteiger partial charge on any atom is -0.616 e. The van der Waals surface area contributed by atoms with Crippen LogP contribution < -0.4 is 10.0 Å². The maximum absolute atomic E-state index is 12.0. The zero-order chi connectivity index (χ0) is 14.7. The molecule has 106 valence electrons. The number of benzene rings is 1. The van der Waals surface area contributed by atoms with Gasteiger partial charge in [0, 0.05) is 30.6 Å². The minimum atomic E-state index is -0.203. The van der Waals surface area contributed by atoms with Gasteiger partial charge < -0.3 is 14.9 Å². The van der Waals surface area contributed by atoms with E-state index in [1.54, 1.807) is 48.8 Å². The highest BCUT2D eigenvalue weighted by atomic mass is 16.5. The fourth-order valence-corrected chi connectivity index (χ4v) is 2.05. The van der Waals surface area contributed by atoms with E-state index in [0.29, 0.717) is 29.6 Å². The summed E-state index contributed by atoms with van der Waals surface area (Å²) in [7, 11) is 0. The van der Waals surface area contributed by atoms with Crippen LogP contribution >= 0.6 is 0 Å². The van der Waals surface area contributed by atoms with Crippen LogP contribution in [0.3, 0.4) is 0 Å². The Morgan fingerprint density at radius 1 is 1.24 bits per heavy atom. The topological polar surface area (TPSA) is 82.1 Å². The van der Waals surface area contributed by atoms with Crippen molar-refractivity contribution in [3.05, 3.63) is 65.5 Å². The molecule has 0 atom stereocenters. The molecule has 2 heterocycles. The lowest BCUT2D eigenvalue weighted by molar-refractivity contribution is -0.592. The normalized spacial score (nSPS) is 10.7. The van der Waals surface area contributed by atoms with Crippen molar-refractivity contribution in [3.63, 3.8) is 0 Å². The standard InChI is InChI=1S/C15H13N3O3/c19-15(11-5-8-16-9-6-11)17-10-7-14-18(20)12-3-1-2-4-13(12)21-14/h1-6,8-9H,7,10H2,(H,17,19). The van der Waals surface area contributed by atoms with Gasteiger partial charge in [-0.3, -0.25) is 9.78 Å². The van der Waals surface area contributed by atoms with Gasteiger partial charge in [0.05, 0.1) is 6.42 Å². The Kier molecular flexibility index (Phi) is 3.51. The highest BCUT2D eigenvalue weighted by Crippen LogP contribution is 2.12. The average molecular weight is 283 g/mol. The van der Waals surface area contributed by atoms with Gasteiger partial charge >= 0.3 is 5.89 Å². The molecule has 1 N–H and O–H groups in total. The summed E-state index contributed by atoms with van der Waals surface area (Å²) < 4.78 is 6.23. The summed E-state index contributed by atoms with van der Waals surface area (Å²) in [5, 5.41) is 14.7. The van der Waals surface area contributed by atoms with E-state index in [-0.39, 0.29) is 11.8 Å². The van der Waals surface area contributed by atoms with E-state index in [0.717, 1.165) is 4.73 Å². The van der Waals surface area contributed by atoms with Crippen molar-refractivity contribution in [1.82, 2.24) is 10.3 Å². The van der Waals surface area contributed by atoms with E-state index in [1.807, 2.05) is 0 Å². The summed E-state index contributed by atoms with van der Waals surface area (Å²) in [6.07, 6.45) is 3.44. The van der Waals surface area contributed by atoms with Gasteiger partial charge in [-0.2, -0.15) is 0 Å². The lowest BCUT2D eigenvalue weighted by Gasteiger charge is -2.02. The number of rotatable bonds is 4. The van der Waals surface area contributed by atoms with Crippen molar-refractivity contribution in [2.24, 2.45) is 0 Å². The first-order chi connectivity index (χ1) is 10.3. The predicted molar refractivity (Wildman–Crippen MR) is 75.4 cm³/mol. The molecule has 0 spiro atoms. The largest absolute Gasteiger partial charge is 0.616 e. The molecule has 6 nitrogen and oxygen atoms in total. The molecule has 6 heteroatoms. The predicted octanol–water partition coefficient (Wildman–Crippen LogP) is 1.43. The maximum atomic E-state index is 12.0. The van der Waals surface area contributed by atoms with E-state index >= 15 is 0 Å². The smallest absolute Gasteiger partial charge is 0.361 e. The number of carbonyl (C=O) groups excluding carboxylic acids is 1. The van der Waals surface area contributed by atoms with Crippen molar-refractivity contribution in [2.75, 3.05) is 6.54 Å². The summed E-state index contributed by atoms with van der Waals surface area (Å²) in [6.45, 7) is 0.323. The highest BCUT2D eigenvalue weighted by Gasteiger charge is 2.17. The molecule has 1 aromatic carbocycles. The number of aromatic nitrogens is 2. The van der Waals surface area contributed by atoms with Gasteiger partial charge in [0.2, 0.25) is 5.58 Å². The number of carbonyl (C=O) groups is 1. The van der Waals surface area contributed by atoms with Crippen LogP contribution in [0.5, 0.6) is 0 Å². The van der Waals surface area contributed by atoms with Crippen molar-refractivity contribution in [3.8, 4) is 0 Å². The Labute approximate surface area is 120 Å². The van der Waals surface area contributed by atoms with E-state index in [4.69, 9.17) is 4.42 Å². The number of hydrogen-bond acceptors (Lipinski definition) is 4.